The maximum atomic E-state index is 5.82. The molecule has 0 fully saturated rings. The summed E-state index contributed by atoms with van der Waals surface area (Å²) in [6.07, 6.45) is 0.809. The summed E-state index contributed by atoms with van der Waals surface area (Å²) >= 11 is 3.50. The number of para-hydroxylation sites is 1. The molecule has 0 radical (unpaired) electrons. The monoisotopic (exact) mass is 301 g/mol. The molecule has 0 heterocycles. The molecule has 96 valence electrons. The van der Waals surface area contributed by atoms with E-state index in [0.29, 0.717) is 19.8 Å². The van der Waals surface area contributed by atoms with Crippen LogP contribution in [0.25, 0.3) is 0 Å². The van der Waals surface area contributed by atoms with Crippen LogP contribution in [0.15, 0.2) is 22.7 Å². The van der Waals surface area contributed by atoms with Crippen LogP contribution in [0.1, 0.15) is 19.4 Å². The molecule has 1 aromatic carbocycles. The van der Waals surface area contributed by atoms with Crippen LogP contribution in [-0.2, 0) is 11.2 Å². The molecule has 0 saturated carbocycles. The standard InChI is InChI=1S/C13H20BrNO2/c1-3-16-7-8-17-13-11(9-10(2)15)5-4-6-12(13)14/h4-6,10H,3,7-9,15H2,1-2H3. The predicted molar refractivity (Wildman–Crippen MR) is 73.5 cm³/mol. The summed E-state index contributed by atoms with van der Waals surface area (Å²) in [5, 5.41) is 0. The minimum Gasteiger partial charge on any atom is -0.490 e. The fourth-order valence-corrected chi connectivity index (χ4v) is 2.09. The Kier molecular flexibility index (Phi) is 6.55. The van der Waals surface area contributed by atoms with Crippen LogP contribution in [0.5, 0.6) is 5.75 Å². The second-order valence-corrected chi connectivity index (χ2v) is 4.81. The van der Waals surface area contributed by atoms with Gasteiger partial charge in [0.25, 0.3) is 0 Å². The van der Waals surface area contributed by atoms with Crippen LogP contribution in [-0.4, -0.2) is 25.9 Å². The summed E-state index contributed by atoms with van der Waals surface area (Å²) in [7, 11) is 0. The normalized spacial score (nSPS) is 12.5. The third-order valence-corrected chi connectivity index (χ3v) is 2.89. The van der Waals surface area contributed by atoms with Gasteiger partial charge in [-0.25, -0.2) is 0 Å². The first-order valence-electron chi connectivity index (χ1n) is 5.88. The molecule has 0 aromatic heterocycles. The van der Waals surface area contributed by atoms with Crippen molar-refractivity contribution in [3.05, 3.63) is 28.2 Å². The van der Waals surface area contributed by atoms with Crippen LogP contribution in [0, 0.1) is 0 Å². The highest BCUT2D eigenvalue weighted by Crippen LogP contribution is 2.29. The largest absolute Gasteiger partial charge is 0.490 e. The molecule has 0 aliphatic rings. The first kappa shape index (κ1) is 14.5. The molecule has 2 N–H and O–H groups in total. The molecule has 0 bridgehead atoms. The van der Waals surface area contributed by atoms with Gasteiger partial charge in [-0.2, -0.15) is 0 Å². The van der Waals surface area contributed by atoms with E-state index in [2.05, 4.69) is 15.9 Å². The Morgan fingerprint density at radius 3 is 2.76 bits per heavy atom. The van der Waals surface area contributed by atoms with Gasteiger partial charge in [0.15, 0.2) is 0 Å². The number of halogens is 1. The zero-order chi connectivity index (χ0) is 12.7. The van der Waals surface area contributed by atoms with Crippen molar-refractivity contribution in [3.8, 4) is 5.75 Å². The van der Waals surface area contributed by atoms with Crippen LogP contribution >= 0.6 is 15.9 Å². The maximum Gasteiger partial charge on any atom is 0.136 e. The second kappa shape index (κ2) is 7.69. The molecule has 1 unspecified atom stereocenters. The van der Waals surface area contributed by atoms with Crippen molar-refractivity contribution in [1.29, 1.82) is 0 Å². The Labute approximate surface area is 111 Å². The quantitative estimate of drug-likeness (QED) is 0.788. The number of hydrogen-bond donors (Lipinski definition) is 1. The number of hydrogen-bond acceptors (Lipinski definition) is 3. The summed E-state index contributed by atoms with van der Waals surface area (Å²) in [5.74, 6) is 0.879. The van der Waals surface area contributed by atoms with E-state index >= 15 is 0 Å². The van der Waals surface area contributed by atoms with Crippen molar-refractivity contribution in [2.24, 2.45) is 5.73 Å². The van der Waals surface area contributed by atoms with Crippen LogP contribution in [0.3, 0.4) is 0 Å². The van der Waals surface area contributed by atoms with Crippen molar-refractivity contribution < 1.29 is 9.47 Å². The van der Waals surface area contributed by atoms with Crippen molar-refractivity contribution in [2.75, 3.05) is 19.8 Å². The van der Waals surface area contributed by atoms with Gasteiger partial charge in [0.2, 0.25) is 0 Å². The summed E-state index contributed by atoms with van der Waals surface area (Å²) < 4.78 is 12.0. The van der Waals surface area contributed by atoms with Crippen LogP contribution in [0.4, 0.5) is 0 Å². The van der Waals surface area contributed by atoms with E-state index in [-0.39, 0.29) is 6.04 Å². The van der Waals surface area contributed by atoms with Gasteiger partial charge in [0, 0.05) is 12.6 Å². The van der Waals surface area contributed by atoms with E-state index in [0.717, 1.165) is 22.2 Å². The van der Waals surface area contributed by atoms with Gasteiger partial charge >= 0.3 is 0 Å². The fourth-order valence-electron chi connectivity index (χ4n) is 1.57. The zero-order valence-corrected chi connectivity index (χ0v) is 12.0. The van der Waals surface area contributed by atoms with E-state index in [1.807, 2.05) is 32.0 Å². The van der Waals surface area contributed by atoms with Crippen molar-refractivity contribution in [2.45, 2.75) is 26.3 Å². The SMILES string of the molecule is CCOCCOc1c(Br)cccc1CC(C)N. The summed E-state index contributed by atoms with van der Waals surface area (Å²) in [6, 6.07) is 6.14. The van der Waals surface area contributed by atoms with Gasteiger partial charge in [-0.05, 0) is 47.8 Å². The number of rotatable bonds is 7. The molecule has 0 saturated heterocycles. The summed E-state index contributed by atoms with van der Waals surface area (Å²) in [6.45, 7) is 5.84. The minimum atomic E-state index is 0.124. The molecule has 0 spiro atoms. The highest BCUT2D eigenvalue weighted by molar-refractivity contribution is 9.10. The summed E-state index contributed by atoms with van der Waals surface area (Å²) in [4.78, 5) is 0. The highest BCUT2D eigenvalue weighted by Gasteiger charge is 2.09. The van der Waals surface area contributed by atoms with Gasteiger partial charge in [-0.15, -0.1) is 0 Å². The molecule has 4 heteroatoms. The Morgan fingerprint density at radius 2 is 2.12 bits per heavy atom. The Bertz CT molecular complexity index is 342. The van der Waals surface area contributed by atoms with E-state index in [1.165, 1.54) is 0 Å². The van der Waals surface area contributed by atoms with Crippen molar-refractivity contribution in [3.63, 3.8) is 0 Å². The van der Waals surface area contributed by atoms with Crippen LogP contribution < -0.4 is 10.5 Å². The molecule has 1 atom stereocenters. The Balaban J connectivity index is 2.66. The second-order valence-electron chi connectivity index (χ2n) is 3.95. The lowest BCUT2D eigenvalue weighted by Crippen LogP contribution is -2.18. The highest BCUT2D eigenvalue weighted by atomic mass is 79.9. The van der Waals surface area contributed by atoms with E-state index in [4.69, 9.17) is 15.2 Å². The molecule has 0 aliphatic heterocycles. The van der Waals surface area contributed by atoms with E-state index in [1.54, 1.807) is 0 Å². The van der Waals surface area contributed by atoms with Gasteiger partial charge < -0.3 is 15.2 Å². The molecule has 1 aromatic rings. The molecule has 17 heavy (non-hydrogen) atoms. The first-order valence-corrected chi connectivity index (χ1v) is 6.68. The Hall–Kier alpha value is -0.580. The van der Waals surface area contributed by atoms with Crippen molar-refractivity contribution in [1.82, 2.24) is 0 Å². The van der Waals surface area contributed by atoms with Crippen molar-refractivity contribution >= 4 is 15.9 Å². The number of ether oxygens (including phenoxy) is 2. The third-order valence-electron chi connectivity index (χ3n) is 2.27. The predicted octanol–water partition coefficient (Wildman–Crippen LogP) is 2.75. The molecular weight excluding hydrogens is 282 g/mol. The third kappa shape index (κ3) is 5.06. The number of nitrogens with two attached hydrogens (primary N) is 1. The van der Waals surface area contributed by atoms with Crippen LogP contribution in [0.2, 0.25) is 0 Å². The van der Waals surface area contributed by atoms with Gasteiger partial charge in [-0.3, -0.25) is 0 Å². The average Bonchev–Trinajstić information content (AvgIpc) is 2.26. The van der Waals surface area contributed by atoms with Gasteiger partial charge in [-0.1, -0.05) is 12.1 Å². The molecule has 0 amide bonds. The number of benzene rings is 1. The van der Waals surface area contributed by atoms with E-state index < -0.39 is 0 Å². The lowest BCUT2D eigenvalue weighted by Gasteiger charge is -2.14. The van der Waals surface area contributed by atoms with Gasteiger partial charge in [0.05, 0.1) is 11.1 Å². The smallest absolute Gasteiger partial charge is 0.136 e. The zero-order valence-electron chi connectivity index (χ0n) is 10.4. The van der Waals surface area contributed by atoms with E-state index in [9.17, 15) is 0 Å². The minimum absolute atomic E-state index is 0.124. The topological polar surface area (TPSA) is 44.5 Å². The molecular formula is C13H20BrNO2. The fraction of sp³-hybridized carbons (Fsp3) is 0.538. The molecule has 1 rings (SSSR count). The lowest BCUT2D eigenvalue weighted by molar-refractivity contribution is 0.109. The average molecular weight is 302 g/mol. The molecule has 3 nitrogen and oxygen atoms in total. The summed E-state index contributed by atoms with van der Waals surface area (Å²) in [5.41, 5.74) is 6.95. The maximum absolute atomic E-state index is 5.82. The van der Waals surface area contributed by atoms with Gasteiger partial charge in [0.1, 0.15) is 12.4 Å². The Morgan fingerprint density at radius 1 is 1.35 bits per heavy atom. The lowest BCUT2D eigenvalue weighted by atomic mass is 10.1. The first-order chi connectivity index (χ1) is 8.15. The molecule has 0 aliphatic carbocycles.